The van der Waals surface area contributed by atoms with Gasteiger partial charge in [0, 0.05) is 36.7 Å². The highest BCUT2D eigenvalue weighted by molar-refractivity contribution is 5.88. The lowest BCUT2D eigenvalue weighted by molar-refractivity contribution is -0.136. The number of H-pyrrole nitrogens is 1. The second-order valence-corrected chi connectivity index (χ2v) is 4.86. The summed E-state index contributed by atoms with van der Waals surface area (Å²) in [5, 5.41) is 15.6. The van der Waals surface area contributed by atoms with Crippen LogP contribution in [0, 0.1) is 5.92 Å². The summed E-state index contributed by atoms with van der Waals surface area (Å²) in [6.45, 7) is 4.98. The highest BCUT2D eigenvalue weighted by Crippen LogP contribution is 2.23. The first-order valence-electron chi connectivity index (χ1n) is 6.66. The Kier molecular flexibility index (Phi) is 3.87. The van der Waals surface area contributed by atoms with E-state index >= 15 is 0 Å². The topological polar surface area (TPSA) is 86.3 Å². The van der Waals surface area contributed by atoms with Gasteiger partial charge in [-0.15, -0.1) is 0 Å². The molecule has 0 bridgehead atoms. The van der Waals surface area contributed by atoms with Crippen molar-refractivity contribution in [3.8, 4) is 0 Å². The minimum absolute atomic E-state index is 0.0294. The van der Waals surface area contributed by atoms with E-state index < -0.39 is 5.97 Å². The summed E-state index contributed by atoms with van der Waals surface area (Å²) in [5.41, 5.74) is 1.53. The number of rotatable bonds is 4. The quantitative estimate of drug-likeness (QED) is 0.862. The molecule has 2 heterocycles. The number of aromatic carboxylic acids is 1. The summed E-state index contributed by atoms with van der Waals surface area (Å²) in [7, 11) is 0. The molecule has 1 aromatic heterocycles. The molecule has 1 amide bonds. The Morgan fingerprint density at radius 3 is 2.68 bits per heavy atom. The molecule has 6 heteroatoms. The van der Waals surface area contributed by atoms with Gasteiger partial charge in [0.2, 0.25) is 5.91 Å². The van der Waals surface area contributed by atoms with Gasteiger partial charge >= 0.3 is 5.97 Å². The number of nitrogens with one attached hydrogen (secondary N) is 1. The Balaban J connectivity index is 2.19. The zero-order chi connectivity index (χ0) is 14.0. The first kappa shape index (κ1) is 13.6. The molecule has 104 valence electrons. The van der Waals surface area contributed by atoms with E-state index in [4.69, 9.17) is 5.11 Å². The van der Waals surface area contributed by atoms with Crippen LogP contribution in [0.15, 0.2) is 0 Å². The fraction of sp³-hybridized carbons (Fsp3) is 0.615. The molecule has 1 aliphatic heterocycles. The summed E-state index contributed by atoms with van der Waals surface area (Å²) in [5.74, 6) is -0.899. The van der Waals surface area contributed by atoms with Crippen LogP contribution in [0.1, 0.15) is 48.4 Å². The smallest absolute Gasteiger partial charge is 0.356 e. The number of aromatic amines is 1. The summed E-state index contributed by atoms with van der Waals surface area (Å²) < 4.78 is 0. The van der Waals surface area contributed by atoms with E-state index in [-0.39, 0.29) is 17.5 Å². The molecule has 0 saturated heterocycles. The van der Waals surface area contributed by atoms with Crippen LogP contribution in [0.2, 0.25) is 0 Å². The minimum atomic E-state index is -1.05. The highest BCUT2D eigenvalue weighted by Gasteiger charge is 2.29. The van der Waals surface area contributed by atoms with Crippen LogP contribution in [0.5, 0.6) is 0 Å². The zero-order valence-corrected chi connectivity index (χ0v) is 11.3. The molecule has 0 atom stereocenters. The SMILES string of the molecule is CCC(CC)C(=O)N1CCc2[nH]nc(C(=O)O)c2C1. The number of carbonyl (C=O) groups is 2. The van der Waals surface area contributed by atoms with Crippen molar-refractivity contribution in [1.82, 2.24) is 15.1 Å². The van der Waals surface area contributed by atoms with Gasteiger partial charge in [-0.2, -0.15) is 5.10 Å². The molecule has 6 nitrogen and oxygen atoms in total. The molecule has 19 heavy (non-hydrogen) atoms. The van der Waals surface area contributed by atoms with Crippen molar-refractivity contribution in [3.63, 3.8) is 0 Å². The molecule has 0 fully saturated rings. The molecule has 0 unspecified atom stereocenters. The van der Waals surface area contributed by atoms with Gasteiger partial charge in [-0.05, 0) is 12.8 Å². The van der Waals surface area contributed by atoms with Crippen LogP contribution >= 0.6 is 0 Å². The predicted octanol–water partition coefficient (Wildman–Crippen LogP) is 1.43. The average Bonchev–Trinajstić information content (AvgIpc) is 2.82. The summed E-state index contributed by atoms with van der Waals surface area (Å²) in [6.07, 6.45) is 2.27. The number of fused-ring (bicyclic) bond motifs is 1. The number of carboxylic acid groups (broad SMARTS) is 1. The number of amides is 1. The van der Waals surface area contributed by atoms with Gasteiger partial charge in [0.05, 0.1) is 0 Å². The summed E-state index contributed by atoms with van der Waals surface area (Å²) >= 11 is 0. The maximum Gasteiger partial charge on any atom is 0.356 e. The zero-order valence-electron chi connectivity index (χ0n) is 11.3. The van der Waals surface area contributed by atoms with Crippen LogP contribution in [-0.4, -0.2) is 38.6 Å². The molecule has 0 aliphatic carbocycles. The summed E-state index contributed by atoms with van der Waals surface area (Å²) in [6, 6.07) is 0. The van der Waals surface area contributed by atoms with Crippen LogP contribution in [0.25, 0.3) is 0 Å². The number of carbonyl (C=O) groups excluding carboxylic acids is 1. The van der Waals surface area contributed by atoms with E-state index in [0.717, 1.165) is 18.5 Å². The van der Waals surface area contributed by atoms with E-state index in [2.05, 4.69) is 10.2 Å². The summed E-state index contributed by atoms with van der Waals surface area (Å²) in [4.78, 5) is 25.1. The monoisotopic (exact) mass is 265 g/mol. The molecular weight excluding hydrogens is 246 g/mol. The van der Waals surface area contributed by atoms with Crippen LogP contribution in [0.3, 0.4) is 0 Å². The van der Waals surface area contributed by atoms with Crippen LogP contribution in [0.4, 0.5) is 0 Å². The van der Waals surface area contributed by atoms with Crippen molar-refractivity contribution in [2.75, 3.05) is 6.54 Å². The lowest BCUT2D eigenvalue weighted by atomic mass is 9.99. The van der Waals surface area contributed by atoms with Crippen molar-refractivity contribution in [1.29, 1.82) is 0 Å². The lowest BCUT2D eigenvalue weighted by Crippen LogP contribution is -2.39. The van der Waals surface area contributed by atoms with Crippen molar-refractivity contribution < 1.29 is 14.7 Å². The van der Waals surface area contributed by atoms with E-state index in [1.54, 1.807) is 4.90 Å². The maximum absolute atomic E-state index is 12.3. The van der Waals surface area contributed by atoms with Gasteiger partial charge in [0.25, 0.3) is 0 Å². The molecule has 0 aromatic carbocycles. The van der Waals surface area contributed by atoms with Crippen molar-refractivity contribution in [3.05, 3.63) is 17.0 Å². The normalized spacial score (nSPS) is 14.6. The van der Waals surface area contributed by atoms with Crippen molar-refractivity contribution in [2.24, 2.45) is 5.92 Å². The predicted molar refractivity (Wildman–Crippen MR) is 68.7 cm³/mol. The first-order chi connectivity index (χ1) is 9.08. The first-order valence-corrected chi connectivity index (χ1v) is 6.66. The average molecular weight is 265 g/mol. The van der Waals surface area contributed by atoms with E-state index in [1.165, 1.54) is 0 Å². The minimum Gasteiger partial charge on any atom is -0.476 e. The van der Waals surface area contributed by atoms with Crippen LogP contribution < -0.4 is 0 Å². The molecule has 2 N–H and O–H groups in total. The largest absolute Gasteiger partial charge is 0.476 e. The Morgan fingerprint density at radius 2 is 2.11 bits per heavy atom. The Morgan fingerprint density at radius 1 is 1.42 bits per heavy atom. The van der Waals surface area contributed by atoms with E-state index in [1.807, 2.05) is 13.8 Å². The molecule has 0 radical (unpaired) electrons. The number of carboxylic acids is 1. The number of nitrogens with zero attached hydrogens (tertiary/aromatic N) is 2. The Hall–Kier alpha value is -1.85. The van der Waals surface area contributed by atoms with Crippen molar-refractivity contribution in [2.45, 2.75) is 39.7 Å². The van der Waals surface area contributed by atoms with Gasteiger partial charge in [0.15, 0.2) is 5.69 Å². The van der Waals surface area contributed by atoms with Crippen molar-refractivity contribution >= 4 is 11.9 Å². The van der Waals surface area contributed by atoms with E-state index in [9.17, 15) is 9.59 Å². The number of aromatic nitrogens is 2. The molecule has 1 aliphatic rings. The standard InChI is InChI=1S/C13H19N3O3/c1-3-8(4-2)12(17)16-6-5-10-9(7-16)11(13(18)19)15-14-10/h8H,3-7H2,1-2H3,(H,14,15)(H,18,19). The Bertz CT molecular complexity index is 491. The number of hydrogen-bond acceptors (Lipinski definition) is 3. The second kappa shape index (κ2) is 5.42. The van der Waals surface area contributed by atoms with E-state index in [0.29, 0.717) is 25.1 Å². The second-order valence-electron chi connectivity index (χ2n) is 4.86. The fourth-order valence-corrected chi connectivity index (χ4v) is 2.56. The van der Waals surface area contributed by atoms with Gasteiger partial charge in [-0.25, -0.2) is 4.79 Å². The van der Waals surface area contributed by atoms with Crippen LogP contribution in [-0.2, 0) is 17.8 Å². The fourth-order valence-electron chi connectivity index (χ4n) is 2.56. The third-order valence-corrected chi connectivity index (χ3v) is 3.78. The third kappa shape index (κ3) is 2.47. The third-order valence-electron chi connectivity index (χ3n) is 3.78. The molecule has 0 saturated carbocycles. The van der Waals surface area contributed by atoms with Gasteiger partial charge in [-0.3, -0.25) is 9.89 Å². The molecule has 1 aromatic rings. The Labute approximate surface area is 111 Å². The maximum atomic E-state index is 12.3. The molecule has 0 spiro atoms. The lowest BCUT2D eigenvalue weighted by Gasteiger charge is -2.29. The van der Waals surface area contributed by atoms with Gasteiger partial charge in [-0.1, -0.05) is 13.8 Å². The molecule has 2 rings (SSSR count). The highest BCUT2D eigenvalue weighted by atomic mass is 16.4. The van der Waals surface area contributed by atoms with Gasteiger partial charge in [0.1, 0.15) is 0 Å². The number of hydrogen-bond donors (Lipinski definition) is 2. The van der Waals surface area contributed by atoms with Gasteiger partial charge < -0.3 is 10.0 Å². The molecular formula is C13H19N3O3.